The molecule has 17 heavy (non-hydrogen) atoms. The second kappa shape index (κ2) is 5.17. The van der Waals surface area contributed by atoms with Crippen LogP contribution < -0.4 is 0 Å². The van der Waals surface area contributed by atoms with E-state index in [0.717, 1.165) is 5.56 Å². The lowest BCUT2D eigenvalue weighted by atomic mass is 9.85. The summed E-state index contributed by atoms with van der Waals surface area (Å²) in [6.45, 7) is 2.81. The predicted octanol–water partition coefficient (Wildman–Crippen LogP) is 1.73. The van der Waals surface area contributed by atoms with Crippen LogP contribution in [-0.4, -0.2) is 29.0 Å². The Morgan fingerprint density at radius 1 is 1.18 bits per heavy atom. The molecule has 1 saturated carbocycles. The molecule has 0 saturated heterocycles. The summed E-state index contributed by atoms with van der Waals surface area (Å²) in [5.41, 5.74) is 0.590. The van der Waals surface area contributed by atoms with Crippen molar-refractivity contribution >= 4 is 0 Å². The molecule has 3 heteroatoms. The van der Waals surface area contributed by atoms with Gasteiger partial charge in [-0.1, -0.05) is 37.3 Å². The maximum absolute atomic E-state index is 9.88. The number of hydrogen-bond donors (Lipinski definition) is 2. The highest BCUT2D eigenvalue weighted by atomic mass is 16.5. The number of hydrogen-bond acceptors (Lipinski definition) is 3. The standard InChI is InChI=1S/C14H20O3/c1-14(12(15)7-8-13(14)16)10-17-9-11-5-3-2-4-6-11/h2-6,12-13,15-16H,7-10H2,1H3/t12-,13-/m0/s1. The summed E-state index contributed by atoms with van der Waals surface area (Å²) in [4.78, 5) is 0. The molecule has 0 aromatic heterocycles. The Bertz CT molecular complexity index is 340. The summed E-state index contributed by atoms with van der Waals surface area (Å²) in [6.07, 6.45) is 0.389. The fourth-order valence-corrected chi connectivity index (χ4v) is 2.35. The van der Waals surface area contributed by atoms with E-state index in [1.165, 1.54) is 0 Å². The van der Waals surface area contributed by atoms with Gasteiger partial charge in [0, 0.05) is 5.41 Å². The van der Waals surface area contributed by atoms with Gasteiger partial charge in [-0.2, -0.15) is 0 Å². The molecule has 1 fully saturated rings. The molecule has 1 aromatic carbocycles. The molecule has 1 aliphatic carbocycles. The monoisotopic (exact) mass is 236 g/mol. The summed E-state index contributed by atoms with van der Waals surface area (Å²) >= 11 is 0. The lowest BCUT2D eigenvalue weighted by Gasteiger charge is -2.31. The lowest BCUT2D eigenvalue weighted by molar-refractivity contribution is -0.0726. The number of aliphatic hydroxyl groups excluding tert-OH is 2. The van der Waals surface area contributed by atoms with E-state index in [-0.39, 0.29) is 0 Å². The molecule has 0 radical (unpaired) electrons. The minimum absolute atomic E-state index is 0.393. The number of benzene rings is 1. The SMILES string of the molecule is CC1(COCc2ccccc2)[C@@H](O)CC[C@@H]1O. The van der Waals surface area contributed by atoms with Crippen molar-refractivity contribution < 1.29 is 14.9 Å². The van der Waals surface area contributed by atoms with Crippen LogP contribution in [0.3, 0.4) is 0 Å². The number of ether oxygens (including phenoxy) is 1. The van der Waals surface area contributed by atoms with Gasteiger partial charge in [0.05, 0.1) is 25.4 Å². The first-order valence-electron chi connectivity index (χ1n) is 6.11. The largest absolute Gasteiger partial charge is 0.392 e. The average molecular weight is 236 g/mol. The van der Waals surface area contributed by atoms with Gasteiger partial charge in [-0.15, -0.1) is 0 Å². The van der Waals surface area contributed by atoms with Gasteiger partial charge in [-0.05, 0) is 18.4 Å². The van der Waals surface area contributed by atoms with Crippen molar-refractivity contribution in [2.45, 2.75) is 38.6 Å². The molecule has 0 heterocycles. The van der Waals surface area contributed by atoms with Crippen molar-refractivity contribution in [3.63, 3.8) is 0 Å². The number of rotatable bonds is 4. The van der Waals surface area contributed by atoms with Crippen molar-refractivity contribution in [2.24, 2.45) is 5.41 Å². The Morgan fingerprint density at radius 2 is 1.76 bits per heavy atom. The summed E-state index contributed by atoms with van der Waals surface area (Å²) < 4.78 is 5.63. The molecule has 0 spiro atoms. The zero-order valence-corrected chi connectivity index (χ0v) is 10.2. The fraction of sp³-hybridized carbons (Fsp3) is 0.571. The third kappa shape index (κ3) is 2.68. The second-order valence-electron chi connectivity index (χ2n) is 5.09. The molecule has 0 amide bonds. The molecule has 0 bridgehead atoms. The first-order chi connectivity index (χ1) is 8.13. The Morgan fingerprint density at radius 3 is 2.35 bits per heavy atom. The molecular weight excluding hydrogens is 216 g/mol. The Kier molecular flexibility index (Phi) is 3.82. The molecular formula is C14H20O3. The summed E-state index contributed by atoms with van der Waals surface area (Å²) in [6, 6.07) is 9.92. The molecule has 3 nitrogen and oxygen atoms in total. The van der Waals surface area contributed by atoms with E-state index in [1.54, 1.807) is 0 Å². The van der Waals surface area contributed by atoms with E-state index in [9.17, 15) is 10.2 Å². The second-order valence-corrected chi connectivity index (χ2v) is 5.09. The Balaban J connectivity index is 1.86. The van der Waals surface area contributed by atoms with Crippen LogP contribution in [0.25, 0.3) is 0 Å². The highest BCUT2D eigenvalue weighted by Crippen LogP contribution is 2.38. The Hall–Kier alpha value is -0.900. The average Bonchev–Trinajstić information content (AvgIpc) is 2.59. The van der Waals surface area contributed by atoms with Crippen LogP contribution in [0.4, 0.5) is 0 Å². The van der Waals surface area contributed by atoms with E-state index < -0.39 is 17.6 Å². The van der Waals surface area contributed by atoms with Crippen LogP contribution in [0, 0.1) is 5.41 Å². The van der Waals surface area contributed by atoms with E-state index in [1.807, 2.05) is 37.3 Å². The molecule has 1 aromatic rings. The van der Waals surface area contributed by atoms with Gasteiger partial charge < -0.3 is 14.9 Å². The van der Waals surface area contributed by atoms with Crippen LogP contribution >= 0.6 is 0 Å². The van der Waals surface area contributed by atoms with Crippen molar-refractivity contribution in [3.8, 4) is 0 Å². The molecule has 2 rings (SSSR count). The van der Waals surface area contributed by atoms with Crippen molar-refractivity contribution in [1.29, 1.82) is 0 Å². The maximum Gasteiger partial charge on any atom is 0.0717 e. The molecule has 94 valence electrons. The Labute approximate surface area is 102 Å². The van der Waals surface area contributed by atoms with E-state index >= 15 is 0 Å². The van der Waals surface area contributed by atoms with Gasteiger partial charge in [0.15, 0.2) is 0 Å². The summed E-state index contributed by atoms with van der Waals surface area (Å²) in [5, 5.41) is 19.8. The molecule has 2 atom stereocenters. The van der Waals surface area contributed by atoms with E-state index in [2.05, 4.69) is 0 Å². The highest BCUT2D eigenvalue weighted by molar-refractivity contribution is 5.13. The van der Waals surface area contributed by atoms with Gasteiger partial charge in [-0.3, -0.25) is 0 Å². The quantitative estimate of drug-likeness (QED) is 0.837. The molecule has 1 aliphatic rings. The fourth-order valence-electron chi connectivity index (χ4n) is 2.35. The van der Waals surface area contributed by atoms with E-state index in [4.69, 9.17) is 4.74 Å². The van der Waals surface area contributed by atoms with Crippen molar-refractivity contribution in [3.05, 3.63) is 35.9 Å². The van der Waals surface area contributed by atoms with Gasteiger partial charge in [0.2, 0.25) is 0 Å². The third-order valence-corrected chi connectivity index (χ3v) is 3.76. The van der Waals surface area contributed by atoms with Crippen molar-refractivity contribution in [2.75, 3.05) is 6.61 Å². The zero-order valence-electron chi connectivity index (χ0n) is 10.2. The van der Waals surface area contributed by atoms with Crippen LogP contribution in [0.1, 0.15) is 25.3 Å². The first-order valence-corrected chi connectivity index (χ1v) is 6.11. The summed E-state index contributed by atoms with van der Waals surface area (Å²) in [7, 11) is 0. The molecule has 0 unspecified atom stereocenters. The number of aliphatic hydroxyl groups is 2. The van der Waals surface area contributed by atoms with Gasteiger partial charge in [0.25, 0.3) is 0 Å². The third-order valence-electron chi connectivity index (χ3n) is 3.76. The predicted molar refractivity (Wildman–Crippen MR) is 65.5 cm³/mol. The highest BCUT2D eigenvalue weighted by Gasteiger charge is 2.45. The minimum Gasteiger partial charge on any atom is -0.392 e. The smallest absolute Gasteiger partial charge is 0.0717 e. The normalized spacial score (nSPS) is 27.2. The summed E-state index contributed by atoms with van der Waals surface area (Å²) in [5.74, 6) is 0. The van der Waals surface area contributed by atoms with Crippen molar-refractivity contribution in [1.82, 2.24) is 0 Å². The van der Waals surface area contributed by atoms with Crippen LogP contribution in [0.2, 0.25) is 0 Å². The zero-order chi connectivity index (χ0) is 12.3. The maximum atomic E-state index is 9.88. The minimum atomic E-state index is -0.519. The van der Waals surface area contributed by atoms with Crippen LogP contribution in [0.15, 0.2) is 30.3 Å². The topological polar surface area (TPSA) is 49.7 Å². The van der Waals surface area contributed by atoms with Gasteiger partial charge in [0.1, 0.15) is 0 Å². The van der Waals surface area contributed by atoms with E-state index in [0.29, 0.717) is 26.1 Å². The van der Waals surface area contributed by atoms with Crippen LogP contribution in [0.5, 0.6) is 0 Å². The molecule has 0 aliphatic heterocycles. The lowest BCUT2D eigenvalue weighted by Crippen LogP contribution is -2.40. The van der Waals surface area contributed by atoms with Gasteiger partial charge >= 0.3 is 0 Å². The van der Waals surface area contributed by atoms with Crippen LogP contribution in [-0.2, 0) is 11.3 Å². The van der Waals surface area contributed by atoms with Gasteiger partial charge in [-0.25, -0.2) is 0 Å². The first kappa shape index (κ1) is 12.6. The molecule has 2 N–H and O–H groups in total.